The van der Waals surface area contributed by atoms with E-state index in [4.69, 9.17) is 4.74 Å². The molecule has 0 atom stereocenters. The van der Waals surface area contributed by atoms with Crippen LogP contribution in [0.2, 0.25) is 0 Å². The molecule has 0 bridgehead atoms. The minimum atomic E-state index is -0.265. The summed E-state index contributed by atoms with van der Waals surface area (Å²) in [6.07, 6.45) is 4.17. The molecule has 2 heterocycles. The molecule has 5 nitrogen and oxygen atoms in total. The molecule has 0 N–H and O–H groups in total. The first-order valence-electron chi connectivity index (χ1n) is 10.8. The number of hydrogen-bond acceptors (Lipinski definition) is 5. The van der Waals surface area contributed by atoms with Crippen LogP contribution in [0.3, 0.4) is 0 Å². The van der Waals surface area contributed by atoms with E-state index in [0.29, 0.717) is 10.7 Å². The van der Waals surface area contributed by atoms with Crippen molar-refractivity contribution in [1.82, 2.24) is 4.90 Å². The predicted octanol–water partition coefficient (Wildman–Crippen LogP) is 5.69. The Labute approximate surface area is 191 Å². The summed E-state index contributed by atoms with van der Waals surface area (Å²) in [5, 5.41) is 1.90. The fraction of sp³-hybridized carbons (Fsp3) is 0.231. The summed E-state index contributed by atoms with van der Waals surface area (Å²) >= 11 is 0.983. The van der Waals surface area contributed by atoms with Crippen molar-refractivity contribution in [2.45, 2.75) is 19.4 Å². The monoisotopic (exact) mass is 444 g/mol. The maximum absolute atomic E-state index is 13.1. The van der Waals surface area contributed by atoms with Crippen LogP contribution in [0.15, 0.2) is 65.6 Å². The molecule has 3 aromatic carbocycles. The SMILES string of the molecule is COc1cc(N2CCCC2)ccc1/C=C1/SC(=O)N(Cc2cccc3ccccc23)C1=O. The number of rotatable bonds is 5. The Balaban J connectivity index is 1.41. The number of imide groups is 1. The Hall–Kier alpha value is -3.25. The van der Waals surface area contributed by atoms with Crippen molar-refractivity contribution in [2.24, 2.45) is 0 Å². The molecule has 3 aromatic rings. The number of methoxy groups -OCH3 is 1. The number of carbonyl (C=O) groups excluding carboxylic acids is 2. The Kier molecular flexibility index (Phi) is 5.62. The van der Waals surface area contributed by atoms with Gasteiger partial charge in [0.25, 0.3) is 11.1 Å². The highest BCUT2D eigenvalue weighted by Gasteiger charge is 2.35. The van der Waals surface area contributed by atoms with Crippen LogP contribution in [0, 0.1) is 0 Å². The van der Waals surface area contributed by atoms with Gasteiger partial charge in [0.1, 0.15) is 5.75 Å². The fourth-order valence-electron chi connectivity index (χ4n) is 4.37. The second-order valence-corrected chi connectivity index (χ2v) is 9.02. The van der Waals surface area contributed by atoms with Gasteiger partial charge in [0.05, 0.1) is 18.6 Å². The zero-order valence-electron chi connectivity index (χ0n) is 17.9. The predicted molar refractivity (Wildman–Crippen MR) is 130 cm³/mol. The first kappa shape index (κ1) is 20.6. The first-order chi connectivity index (χ1) is 15.6. The minimum Gasteiger partial charge on any atom is -0.496 e. The topological polar surface area (TPSA) is 49.9 Å². The highest BCUT2D eigenvalue weighted by molar-refractivity contribution is 8.18. The smallest absolute Gasteiger partial charge is 0.293 e. The molecule has 2 aliphatic rings. The van der Waals surface area contributed by atoms with Gasteiger partial charge in [0.2, 0.25) is 0 Å². The zero-order valence-corrected chi connectivity index (χ0v) is 18.7. The van der Waals surface area contributed by atoms with E-state index in [9.17, 15) is 9.59 Å². The zero-order chi connectivity index (χ0) is 22.1. The average molecular weight is 445 g/mol. The molecule has 2 saturated heterocycles. The van der Waals surface area contributed by atoms with Crippen molar-refractivity contribution >= 4 is 45.4 Å². The van der Waals surface area contributed by atoms with E-state index in [2.05, 4.69) is 11.0 Å². The van der Waals surface area contributed by atoms with Gasteiger partial charge >= 0.3 is 0 Å². The van der Waals surface area contributed by atoms with Crippen LogP contribution in [0.1, 0.15) is 24.0 Å². The molecular formula is C26H24N2O3S. The van der Waals surface area contributed by atoms with Crippen LogP contribution in [0.4, 0.5) is 10.5 Å². The fourth-order valence-corrected chi connectivity index (χ4v) is 5.20. The van der Waals surface area contributed by atoms with E-state index in [1.54, 1.807) is 13.2 Å². The summed E-state index contributed by atoms with van der Waals surface area (Å²) < 4.78 is 5.60. The summed E-state index contributed by atoms with van der Waals surface area (Å²) in [4.78, 5) is 29.9. The van der Waals surface area contributed by atoms with Crippen molar-refractivity contribution in [3.63, 3.8) is 0 Å². The number of benzene rings is 3. The molecule has 5 rings (SSSR count). The lowest BCUT2D eigenvalue weighted by atomic mass is 10.0. The maximum Gasteiger partial charge on any atom is 0.293 e. The van der Waals surface area contributed by atoms with Crippen molar-refractivity contribution in [3.05, 3.63) is 76.7 Å². The highest BCUT2D eigenvalue weighted by Crippen LogP contribution is 2.36. The number of amides is 2. The molecule has 0 saturated carbocycles. The summed E-state index contributed by atoms with van der Waals surface area (Å²) in [5.74, 6) is 0.439. The molecular weight excluding hydrogens is 420 g/mol. The van der Waals surface area contributed by atoms with Crippen molar-refractivity contribution < 1.29 is 14.3 Å². The molecule has 0 radical (unpaired) electrons. The van der Waals surface area contributed by atoms with E-state index in [1.807, 2.05) is 54.6 Å². The number of fused-ring (bicyclic) bond motifs is 1. The third-order valence-corrected chi connectivity index (χ3v) is 6.96. The van der Waals surface area contributed by atoms with Gasteiger partial charge < -0.3 is 9.64 Å². The number of anilines is 1. The Morgan fingerprint density at radius 3 is 2.59 bits per heavy atom. The largest absolute Gasteiger partial charge is 0.496 e. The maximum atomic E-state index is 13.1. The van der Waals surface area contributed by atoms with Crippen LogP contribution in [-0.2, 0) is 11.3 Å². The molecule has 0 spiro atoms. The molecule has 162 valence electrons. The van der Waals surface area contributed by atoms with Crippen LogP contribution in [0.5, 0.6) is 5.75 Å². The van der Waals surface area contributed by atoms with E-state index < -0.39 is 0 Å². The quantitative estimate of drug-likeness (QED) is 0.474. The van der Waals surface area contributed by atoms with E-state index in [-0.39, 0.29) is 17.7 Å². The molecule has 6 heteroatoms. The van der Waals surface area contributed by atoms with E-state index in [0.717, 1.165) is 52.4 Å². The Morgan fingerprint density at radius 2 is 1.78 bits per heavy atom. The lowest BCUT2D eigenvalue weighted by Crippen LogP contribution is -2.27. The van der Waals surface area contributed by atoms with Gasteiger partial charge in [-0.25, -0.2) is 0 Å². The summed E-state index contributed by atoms with van der Waals surface area (Å²) in [5.41, 5.74) is 2.88. The van der Waals surface area contributed by atoms with Crippen LogP contribution in [0.25, 0.3) is 16.8 Å². The molecule has 0 aromatic heterocycles. The number of hydrogen-bond donors (Lipinski definition) is 0. The molecule has 0 aliphatic carbocycles. The number of ether oxygens (including phenoxy) is 1. The Bertz CT molecular complexity index is 1230. The first-order valence-corrected chi connectivity index (χ1v) is 11.6. The van der Waals surface area contributed by atoms with Gasteiger partial charge in [-0.05, 0) is 59.1 Å². The van der Waals surface area contributed by atoms with Gasteiger partial charge in [-0.2, -0.15) is 0 Å². The second kappa shape index (κ2) is 8.71. The number of carbonyl (C=O) groups is 2. The van der Waals surface area contributed by atoms with Crippen molar-refractivity contribution in [1.29, 1.82) is 0 Å². The highest BCUT2D eigenvalue weighted by atomic mass is 32.2. The van der Waals surface area contributed by atoms with Crippen molar-refractivity contribution in [2.75, 3.05) is 25.1 Å². The van der Waals surface area contributed by atoms with Crippen molar-refractivity contribution in [3.8, 4) is 5.75 Å². The molecule has 32 heavy (non-hydrogen) atoms. The average Bonchev–Trinajstić information content (AvgIpc) is 3.44. The van der Waals surface area contributed by atoms with Gasteiger partial charge in [-0.15, -0.1) is 0 Å². The summed E-state index contributed by atoms with van der Waals surface area (Å²) in [7, 11) is 1.63. The van der Waals surface area contributed by atoms with Crippen LogP contribution in [-0.4, -0.2) is 36.2 Å². The van der Waals surface area contributed by atoms with Crippen LogP contribution >= 0.6 is 11.8 Å². The second-order valence-electron chi connectivity index (χ2n) is 8.03. The van der Waals surface area contributed by atoms with Gasteiger partial charge in [0.15, 0.2) is 0 Å². The Morgan fingerprint density at radius 1 is 1.00 bits per heavy atom. The third-order valence-electron chi connectivity index (χ3n) is 6.06. The normalized spacial score (nSPS) is 17.7. The van der Waals surface area contributed by atoms with E-state index in [1.165, 1.54) is 17.7 Å². The lowest BCUT2D eigenvalue weighted by Gasteiger charge is -2.19. The molecule has 2 fully saturated rings. The molecule has 2 aliphatic heterocycles. The number of nitrogens with zero attached hydrogens (tertiary/aromatic N) is 2. The standard InChI is InChI=1S/C26H24N2O3S/c1-31-23-16-21(27-13-4-5-14-27)12-11-19(23)15-24-25(29)28(26(30)32-24)17-20-9-6-8-18-7-2-3-10-22(18)20/h2-3,6-12,15-16H,4-5,13-14,17H2,1H3/b24-15+. The van der Waals surface area contributed by atoms with Crippen LogP contribution < -0.4 is 9.64 Å². The summed E-state index contributed by atoms with van der Waals surface area (Å²) in [6.45, 7) is 2.36. The molecule has 2 amide bonds. The third kappa shape index (κ3) is 3.86. The number of thioether (sulfide) groups is 1. The van der Waals surface area contributed by atoms with Gasteiger partial charge in [-0.3, -0.25) is 14.5 Å². The lowest BCUT2D eigenvalue weighted by molar-refractivity contribution is -0.123. The van der Waals surface area contributed by atoms with Gasteiger partial charge in [-0.1, -0.05) is 42.5 Å². The minimum absolute atomic E-state index is 0.248. The van der Waals surface area contributed by atoms with Gasteiger partial charge in [0, 0.05) is 30.4 Å². The van der Waals surface area contributed by atoms with E-state index >= 15 is 0 Å². The summed E-state index contributed by atoms with van der Waals surface area (Å²) in [6, 6.07) is 20.0. The molecule has 0 unspecified atom stereocenters.